The van der Waals surface area contributed by atoms with Gasteiger partial charge in [0.15, 0.2) is 9.84 Å². The summed E-state index contributed by atoms with van der Waals surface area (Å²) in [5.41, 5.74) is 6.54. The number of amides is 1. The van der Waals surface area contributed by atoms with Crippen molar-refractivity contribution in [2.24, 2.45) is 11.7 Å². The summed E-state index contributed by atoms with van der Waals surface area (Å²) in [6.07, 6.45) is 5.48. The van der Waals surface area contributed by atoms with Crippen LogP contribution in [0.1, 0.15) is 55.8 Å². The lowest BCUT2D eigenvalue weighted by atomic mass is 9.92. The second kappa shape index (κ2) is 8.72. The molecular weight excluding hydrogens is 372 g/mol. The molecule has 1 aromatic carbocycles. The molecule has 1 saturated heterocycles. The Morgan fingerprint density at radius 2 is 1.73 bits per heavy atom. The molecule has 0 aromatic heterocycles. The maximum Gasteiger partial charge on any atom is 0.253 e. The summed E-state index contributed by atoms with van der Waals surface area (Å²) in [5.74, 6) is 0.301. The van der Waals surface area contributed by atoms with Crippen LogP contribution >= 0.6 is 12.4 Å². The minimum Gasteiger partial charge on any atom is -0.338 e. The lowest BCUT2D eigenvalue weighted by molar-refractivity contribution is 0.0661. The van der Waals surface area contributed by atoms with Gasteiger partial charge in [0.1, 0.15) is 0 Å². The Labute approximate surface area is 162 Å². The summed E-state index contributed by atoms with van der Waals surface area (Å²) in [6, 6.07) is 6.57. The molecule has 1 aromatic rings. The molecule has 0 radical (unpaired) electrons. The van der Waals surface area contributed by atoms with E-state index in [0.29, 0.717) is 22.9 Å². The number of nitrogens with zero attached hydrogens (tertiary/aromatic N) is 1. The molecular formula is C19H29ClN2O3S. The van der Waals surface area contributed by atoms with Crippen molar-refractivity contribution in [1.82, 2.24) is 4.90 Å². The van der Waals surface area contributed by atoms with Crippen molar-refractivity contribution in [2.45, 2.75) is 61.6 Å². The second-order valence-corrected chi connectivity index (χ2v) is 9.72. The van der Waals surface area contributed by atoms with Crippen LogP contribution in [0.15, 0.2) is 29.2 Å². The molecule has 5 nitrogen and oxygen atoms in total. The largest absolute Gasteiger partial charge is 0.338 e. The molecule has 3 rings (SSSR count). The van der Waals surface area contributed by atoms with Gasteiger partial charge in [-0.25, -0.2) is 8.42 Å². The van der Waals surface area contributed by atoms with E-state index in [1.54, 1.807) is 24.3 Å². The highest BCUT2D eigenvalue weighted by molar-refractivity contribution is 7.92. The Morgan fingerprint density at radius 3 is 2.31 bits per heavy atom. The zero-order valence-corrected chi connectivity index (χ0v) is 16.9. The molecule has 0 spiro atoms. The van der Waals surface area contributed by atoms with E-state index in [0.717, 1.165) is 45.1 Å². The number of rotatable bonds is 4. The van der Waals surface area contributed by atoms with E-state index in [-0.39, 0.29) is 29.6 Å². The monoisotopic (exact) mass is 400 g/mol. The smallest absolute Gasteiger partial charge is 0.253 e. The first-order chi connectivity index (χ1) is 11.9. The van der Waals surface area contributed by atoms with Gasteiger partial charge in [0.2, 0.25) is 0 Å². The first kappa shape index (κ1) is 21.2. The standard InChI is InChI=1S/C19H28N2O3S.ClH/c1-14(20)16-5-4-12-21(13-16)19(22)15-8-10-18(11-9-15)25(23,24)17-6-2-3-7-17;/h8-11,14,16-17H,2-7,12-13,20H2,1H3;1H. The number of piperidine rings is 1. The number of hydrogen-bond acceptors (Lipinski definition) is 4. The molecule has 2 unspecified atom stereocenters. The van der Waals surface area contributed by atoms with Gasteiger partial charge < -0.3 is 10.6 Å². The van der Waals surface area contributed by atoms with Crippen molar-refractivity contribution in [1.29, 1.82) is 0 Å². The zero-order valence-electron chi connectivity index (χ0n) is 15.3. The molecule has 2 atom stereocenters. The molecule has 146 valence electrons. The summed E-state index contributed by atoms with van der Waals surface area (Å²) in [6.45, 7) is 3.41. The van der Waals surface area contributed by atoms with Crippen LogP contribution in [-0.4, -0.2) is 43.6 Å². The highest BCUT2D eigenvalue weighted by atomic mass is 35.5. The number of carbonyl (C=O) groups is 1. The number of carbonyl (C=O) groups excluding carboxylic acids is 1. The first-order valence-electron chi connectivity index (χ1n) is 9.28. The van der Waals surface area contributed by atoms with Crippen LogP contribution in [-0.2, 0) is 9.84 Å². The average Bonchev–Trinajstić information content (AvgIpc) is 3.17. The summed E-state index contributed by atoms with van der Waals surface area (Å²) < 4.78 is 25.3. The normalized spacial score (nSPS) is 22.7. The minimum absolute atomic E-state index is 0. The topological polar surface area (TPSA) is 80.5 Å². The Morgan fingerprint density at radius 1 is 1.12 bits per heavy atom. The Bertz CT molecular complexity index is 713. The summed E-state index contributed by atoms with van der Waals surface area (Å²) in [7, 11) is -3.27. The Balaban J connectivity index is 0.00000243. The van der Waals surface area contributed by atoms with Gasteiger partial charge in [-0.2, -0.15) is 0 Å². The van der Waals surface area contributed by atoms with E-state index in [2.05, 4.69) is 0 Å². The summed E-state index contributed by atoms with van der Waals surface area (Å²) in [4.78, 5) is 14.9. The van der Waals surface area contributed by atoms with Crippen LogP contribution in [0.25, 0.3) is 0 Å². The number of benzene rings is 1. The Hall–Kier alpha value is -1.11. The lowest BCUT2D eigenvalue weighted by Crippen LogP contribution is -2.45. The van der Waals surface area contributed by atoms with Crippen LogP contribution in [0.3, 0.4) is 0 Å². The van der Waals surface area contributed by atoms with Crippen molar-refractivity contribution in [3.8, 4) is 0 Å². The van der Waals surface area contributed by atoms with Crippen molar-refractivity contribution < 1.29 is 13.2 Å². The van der Waals surface area contributed by atoms with Gasteiger partial charge in [0.05, 0.1) is 10.1 Å². The van der Waals surface area contributed by atoms with Gasteiger partial charge in [-0.3, -0.25) is 4.79 Å². The molecule has 2 fully saturated rings. The molecule has 1 aliphatic carbocycles. The average molecular weight is 401 g/mol. The maximum absolute atomic E-state index is 12.7. The lowest BCUT2D eigenvalue weighted by Gasteiger charge is -2.34. The third-order valence-corrected chi connectivity index (χ3v) is 7.94. The highest BCUT2D eigenvalue weighted by Gasteiger charge is 2.31. The summed E-state index contributed by atoms with van der Waals surface area (Å²) >= 11 is 0. The van der Waals surface area contributed by atoms with Crippen molar-refractivity contribution in [3.05, 3.63) is 29.8 Å². The number of halogens is 1. The SMILES string of the molecule is CC(N)C1CCCN(C(=O)c2ccc(S(=O)(=O)C3CCCC3)cc2)C1.Cl. The van der Waals surface area contributed by atoms with Gasteiger partial charge in [-0.15, -0.1) is 12.4 Å². The van der Waals surface area contributed by atoms with Crippen molar-refractivity contribution in [2.75, 3.05) is 13.1 Å². The molecule has 1 amide bonds. The fourth-order valence-electron chi connectivity index (χ4n) is 3.98. The molecule has 2 N–H and O–H groups in total. The van der Waals surface area contributed by atoms with Crippen molar-refractivity contribution in [3.63, 3.8) is 0 Å². The second-order valence-electron chi connectivity index (χ2n) is 7.49. The highest BCUT2D eigenvalue weighted by Crippen LogP contribution is 2.30. The van der Waals surface area contributed by atoms with Gasteiger partial charge in [-0.05, 0) is 62.8 Å². The van der Waals surface area contributed by atoms with Gasteiger partial charge in [-0.1, -0.05) is 12.8 Å². The molecule has 7 heteroatoms. The molecule has 1 aliphatic heterocycles. The van der Waals surface area contributed by atoms with E-state index >= 15 is 0 Å². The van der Waals surface area contributed by atoms with Crippen molar-refractivity contribution >= 4 is 28.2 Å². The molecule has 1 heterocycles. The maximum atomic E-state index is 12.7. The quantitative estimate of drug-likeness (QED) is 0.842. The van der Waals surface area contributed by atoms with Crippen LogP contribution in [0.2, 0.25) is 0 Å². The third kappa shape index (κ3) is 4.41. The van der Waals surface area contributed by atoms with E-state index in [9.17, 15) is 13.2 Å². The number of sulfone groups is 1. The van der Waals surface area contributed by atoms with Gasteiger partial charge in [0, 0.05) is 24.7 Å². The fraction of sp³-hybridized carbons (Fsp3) is 0.632. The number of hydrogen-bond donors (Lipinski definition) is 1. The van der Waals surface area contributed by atoms with E-state index < -0.39 is 9.84 Å². The van der Waals surface area contributed by atoms with E-state index in [1.807, 2.05) is 11.8 Å². The summed E-state index contributed by atoms with van der Waals surface area (Å²) in [5, 5.41) is -0.261. The fourth-order valence-corrected chi connectivity index (χ4v) is 5.84. The van der Waals surface area contributed by atoms with Gasteiger partial charge in [0.25, 0.3) is 5.91 Å². The van der Waals surface area contributed by atoms with Gasteiger partial charge >= 0.3 is 0 Å². The predicted octanol–water partition coefficient (Wildman–Crippen LogP) is 3.02. The molecule has 26 heavy (non-hydrogen) atoms. The van der Waals surface area contributed by atoms with E-state index in [1.165, 1.54) is 0 Å². The molecule has 2 aliphatic rings. The van der Waals surface area contributed by atoms with Crippen LogP contribution in [0.5, 0.6) is 0 Å². The zero-order chi connectivity index (χ0) is 18.0. The number of likely N-dealkylation sites (tertiary alicyclic amines) is 1. The van der Waals surface area contributed by atoms with E-state index in [4.69, 9.17) is 5.73 Å². The molecule has 0 bridgehead atoms. The first-order valence-corrected chi connectivity index (χ1v) is 10.8. The third-order valence-electron chi connectivity index (χ3n) is 5.66. The number of nitrogens with two attached hydrogens (primary N) is 1. The Kier molecular flexibility index (Phi) is 7.11. The molecule has 1 saturated carbocycles. The van der Waals surface area contributed by atoms with Crippen LogP contribution in [0.4, 0.5) is 0 Å². The predicted molar refractivity (Wildman–Crippen MR) is 105 cm³/mol. The minimum atomic E-state index is -3.27. The van der Waals surface area contributed by atoms with Crippen LogP contribution < -0.4 is 5.73 Å². The van der Waals surface area contributed by atoms with Crippen LogP contribution in [0, 0.1) is 5.92 Å².